The van der Waals surface area contributed by atoms with Gasteiger partial charge in [-0.05, 0) is 50.5 Å². The Morgan fingerprint density at radius 1 is 1.24 bits per heavy atom. The molecular weight excluding hydrogens is 264 g/mol. The van der Waals surface area contributed by atoms with Crippen molar-refractivity contribution in [3.05, 3.63) is 47.2 Å². The molecule has 0 amide bonds. The summed E-state index contributed by atoms with van der Waals surface area (Å²) in [5.41, 5.74) is 2.02. The minimum atomic E-state index is 0.446. The molecule has 1 fully saturated rings. The smallest absolute Gasteiger partial charge is 0.146 e. The molecule has 4 heteroatoms. The van der Waals surface area contributed by atoms with Crippen LogP contribution in [0.1, 0.15) is 42.7 Å². The Morgan fingerprint density at radius 3 is 2.81 bits per heavy atom. The number of aromatic nitrogens is 1. The summed E-state index contributed by atoms with van der Waals surface area (Å²) >= 11 is 0. The second-order valence-electron chi connectivity index (χ2n) is 5.56. The molecule has 2 aromatic heterocycles. The molecule has 1 N–H and O–H groups in total. The third-order valence-corrected chi connectivity index (χ3v) is 3.64. The number of nitrogens with zero attached hydrogens (tertiary/aromatic N) is 1. The fourth-order valence-electron chi connectivity index (χ4n) is 2.26. The van der Waals surface area contributed by atoms with E-state index in [1.54, 1.807) is 0 Å². The molecule has 2 heterocycles. The maximum absolute atomic E-state index is 5.84. The van der Waals surface area contributed by atoms with Crippen LogP contribution in [0.5, 0.6) is 5.75 Å². The van der Waals surface area contributed by atoms with Crippen LogP contribution < -0.4 is 10.1 Å². The summed E-state index contributed by atoms with van der Waals surface area (Å²) in [6, 6.07) is 8.65. The number of pyridine rings is 1. The summed E-state index contributed by atoms with van der Waals surface area (Å²) in [6.07, 6.45) is 3.44. The van der Waals surface area contributed by atoms with Gasteiger partial charge in [-0.3, -0.25) is 4.98 Å². The van der Waals surface area contributed by atoms with E-state index in [0.29, 0.717) is 12.6 Å². The summed E-state index contributed by atoms with van der Waals surface area (Å²) in [5.74, 6) is 2.67. The predicted molar refractivity (Wildman–Crippen MR) is 81.3 cm³/mol. The van der Waals surface area contributed by atoms with Gasteiger partial charge < -0.3 is 14.5 Å². The molecule has 0 unspecified atom stereocenters. The van der Waals surface area contributed by atoms with E-state index in [1.165, 1.54) is 12.8 Å². The number of aryl methyl sites for hydroxylation is 2. The topological polar surface area (TPSA) is 47.3 Å². The molecule has 112 valence electrons. The van der Waals surface area contributed by atoms with Gasteiger partial charge in [-0.25, -0.2) is 0 Å². The molecular formula is C17H22N2O2. The van der Waals surface area contributed by atoms with E-state index in [-0.39, 0.29) is 0 Å². The predicted octanol–water partition coefficient (Wildman–Crippen LogP) is 3.38. The lowest BCUT2D eigenvalue weighted by Crippen LogP contribution is -2.14. The van der Waals surface area contributed by atoms with E-state index in [4.69, 9.17) is 9.15 Å². The van der Waals surface area contributed by atoms with Crippen LogP contribution >= 0.6 is 0 Å². The maximum atomic E-state index is 5.84. The van der Waals surface area contributed by atoms with Crippen molar-refractivity contribution in [2.75, 3.05) is 0 Å². The Bertz CT molecular complexity index is 603. The Labute approximate surface area is 125 Å². The molecule has 3 rings (SSSR count). The molecule has 2 aromatic rings. The Hall–Kier alpha value is -1.81. The zero-order valence-corrected chi connectivity index (χ0v) is 12.7. The lowest BCUT2D eigenvalue weighted by atomic mass is 10.2. The maximum Gasteiger partial charge on any atom is 0.146 e. The summed E-state index contributed by atoms with van der Waals surface area (Å²) in [6.45, 7) is 5.33. The van der Waals surface area contributed by atoms with Gasteiger partial charge in [0.05, 0.1) is 12.2 Å². The molecule has 0 aliphatic heterocycles. The van der Waals surface area contributed by atoms with E-state index in [2.05, 4.69) is 17.2 Å². The monoisotopic (exact) mass is 286 g/mol. The van der Waals surface area contributed by atoms with Crippen LogP contribution in [-0.4, -0.2) is 11.0 Å². The standard InChI is InChI=1S/C17H22N2O2/c1-3-16-17(9-4-12(2)19-16)20-11-15-8-7-14(21-15)10-18-13-5-6-13/h4,7-9,13,18H,3,5-6,10-11H2,1-2H3. The first-order valence-corrected chi connectivity index (χ1v) is 7.65. The minimum Gasteiger partial charge on any atom is -0.484 e. The number of furan rings is 1. The summed E-state index contributed by atoms with van der Waals surface area (Å²) in [7, 11) is 0. The van der Waals surface area contributed by atoms with Crippen molar-refractivity contribution < 1.29 is 9.15 Å². The van der Waals surface area contributed by atoms with E-state index < -0.39 is 0 Å². The van der Waals surface area contributed by atoms with Gasteiger partial charge in [-0.2, -0.15) is 0 Å². The summed E-state index contributed by atoms with van der Waals surface area (Å²) in [5, 5.41) is 3.44. The molecule has 0 atom stereocenters. The second-order valence-corrected chi connectivity index (χ2v) is 5.56. The van der Waals surface area contributed by atoms with Gasteiger partial charge in [0, 0.05) is 11.7 Å². The quantitative estimate of drug-likeness (QED) is 0.847. The van der Waals surface area contributed by atoms with E-state index in [9.17, 15) is 0 Å². The number of rotatable bonds is 7. The first kappa shape index (κ1) is 14.1. The van der Waals surface area contributed by atoms with Gasteiger partial charge >= 0.3 is 0 Å². The van der Waals surface area contributed by atoms with Crippen molar-refractivity contribution in [2.45, 2.75) is 52.3 Å². The van der Waals surface area contributed by atoms with Crippen LogP contribution in [0.3, 0.4) is 0 Å². The van der Waals surface area contributed by atoms with E-state index >= 15 is 0 Å². The molecule has 1 aliphatic carbocycles. The molecule has 1 aliphatic rings. The fourth-order valence-corrected chi connectivity index (χ4v) is 2.26. The van der Waals surface area contributed by atoms with Crippen molar-refractivity contribution in [3.8, 4) is 5.75 Å². The van der Waals surface area contributed by atoms with Crippen molar-refractivity contribution >= 4 is 0 Å². The van der Waals surface area contributed by atoms with E-state index in [1.807, 2.05) is 31.2 Å². The molecule has 0 aromatic carbocycles. The van der Waals surface area contributed by atoms with Gasteiger partial charge in [0.25, 0.3) is 0 Å². The highest BCUT2D eigenvalue weighted by Gasteiger charge is 2.20. The van der Waals surface area contributed by atoms with Crippen molar-refractivity contribution in [2.24, 2.45) is 0 Å². The third-order valence-electron chi connectivity index (χ3n) is 3.64. The number of ether oxygens (including phenoxy) is 1. The first-order chi connectivity index (χ1) is 10.2. The van der Waals surface area contributed by atoms with Gasteiger partial charge in [0.15, 0.2) is 0 Å². The summed E-state index contributed by atoms with van der Waals surface area (Å²) in [4.78, 5) is 4.50. The first-order valence-electron chi connectivity index (χ1n) is 7.65. The number of hydrogen-bond donors (Lipinski definition) is 1. The summed E-state index contributed by atoms with van der Waals surface area (Å²) < 4.78 is 11.6. The normalized spacial score (nSPS) is 14.4. The van der Waals surface area contributed by atoms with Crippen LogP contribution in [0, 0.1) is 6.92 Å². The van der Waals surface area contributed by atoms with Crippen LogP contribution in [0.25, 0.3) is 0 Å². The van der Waals surface area contributed by atoms with Gasteiger partial charge in [-0.15, -0.1) is 0 Å². The lowest BCUT2D eigenvalue weighted by molar-refractivity contribution is 0.261. The van der Waals surface area contributed by atoms with Gasteiger partial charge in [-0.1, -0.05) is 6.92 Å². The van der Waals surface area contributed by atoms with Crippen molar-refractivity contribution in [3.63, 3.8) is 0 Å². The Kier molecular flexibility index (Phi) is 4.25. The average molecular weight is 286 g/mol. The molecule has 0 radical (unpaired) electrons. The van der Waals surface area contributed by atoms with Crippen LogP contribution in [-0.2, 0) is 19.6 Å². The van der Waals surface area contributed by atoms with Crippen LogP contribution in [0.15, 0.2) is 28.7 Å². The zero-order chi connectivity index (χ0) is 14.7. The Balaban J connectivity index is 1.56. The number of nitrogens with one attached hydrogen (secondary N) is 1. The van der Waals surface area contributed by atoms with Crippen molar-refractivity contribution in [1.29, 1.82) is 0 Å². The molecule has 21 heavy (non-hydrogen) atoms. The largest absolute Gasteiger partial charge is 0.484 e. The molecule has 1 saturated carbocycles. The number of hydrogen-bond acceptors (Lipinski definition) is 4. The molecule has 4 nitrogen and oxygen atoms in total. The van der Waals surface area contributed by atoms with Crippen LogP contribution in [0.4, 0.5) is 0 Å². The lowest BCUT2D eigenvalue weighted by Gasteiger charge is -2.09. The average Bonchev–Trinajstić information content (AvgIpc) is 3.22. The fraction of sp³-hybridized carbons (Fsp3) is 0.471. The van der Waals surface area contributed by atoms with Crippen LogP contribution in [0.2, 0.25) is 0 Å². The highest BCUT2D eigenvalue weighted by atomic mass is 16.5. The van der Waals surface area contributed by atoms with Crippen molar-refractivity contribution in [1.82, 2.24) is 10.3 Å². The highest BCUT2D eigenvalue weighted by Crippen LogP contribution is 2.21. The van der Waals surface area contributed by atoms with Gasteiger partial charge in [0.1, 0.15) is 23.9 Å². The SMILES string of the molecule is CCc1nc(C)ccc1OCc1ccc(CNC2CC2)o1. The third kappa shape index (κ3) is 3.85. The molecule has 0 bridgehead atoms. The minimum absolute atomic E-state index is 0.446. The van der Waals surface area contributed by atoms with E-state index in [0.717, 1.165) is 41.6 Å². The highest BCUT2D eigenvalue weighted by molar-refractivity contribution is 5.29. The zero-order valence-electron chi connectivity index (χ0n) is 12.7. The molecule has 0 spiro atoms. The molecule has 0 saturated heterocycles. The second kappa shape index (κ2) is 6.31. The Morgan fingerprint density at radius 2 is 2.05 bits per heavy atom. The van der Waals surface area contributed by atoms with Gasteiger partial charge in [0.2, 0.25) is 0 Å².